The summed E-state index contributed by atoms with van der Waals surface area (Å²) in [6.07, 6.45) is 2.90. The molecule has 2 aromatic rings. The van der Waals surface area contributed by atoms with E-state index in [0.717, 1.165) is 16.5 Å². The van der Waals surface area contributed by atoms with E-state index in [0.29, 0.717) is 19.4 Å². The van der Waals surface area contributed by atoms with Gasteiger partial charge < -0.3 is 14.6 Å². The molecule has 1 aromatic carbocycles. The lowest BCUT2D eigenvalue weighted by Gasteiger charge is -2.33. The van der Waals surface area contributed by atoms with Crippen molar-refractivity contribution in [2.24, 2.45) is 5.92 Å². The van der Waals surface area contributed by atoms with Crippen LogP contribution in [-0.2, 0) is 20.7 Å². The van der Waals surface area contributed by atoms with Crippen molar-refractivity contribution >= 4 is 28.8 Å². The number of ether oxygens (including phenoxy) is 1. The molecule has 1 atom stereocenters. The molecule has 1 aromatic heterocycles. The maximum Gasteiger partial charge on any atom is 0.410 e. The van der Waals surface area contributed by atoms with Crippen molar-refractivity contribution < 1.29 is 19.1 Å². The Labute approximate surface area is 169 Å². The molecular weight excluding hydrogens is 372 g/mol. The van der Waals surface area contributed by atoms with Crippen molar-refractivity contribution in [2.75, 3.05) is 13.1 Å². The number of nitrogens with one attached hydrogen (secondary N) is 3. The van der Waals surface area contributed by atoms with Crippen LogP contribution in [-0.4, -0.2) is 46.5 Å². The number of piperidine rings is 1. The van der Waals surface area contributed by atoms with E-state index in [1.165, 1.54) is 0 Å². The monoisotopic (exact) mass is 400 g/mol. The molecule has 3 rings (SSSR count). The van der Waals surface area contributed by atoms with Gasteiger partial charge >= 0.3 is 6.09 Å². The lowest BCUT2D eigenvalue weighted by molar-refractivity contribution is -0.132. The first-order chi connectivity index (χ1) is 13.7. The normalized spacial score (nSPS) is 17.1. The number of hydrogen-bond acceptors (Lipinski definition) is 4. The predicted molar refractivity (Wildman–Crippen MR) is 109 cm³/mol. The Morgan fingerprint density at radius 1 is 1.21 bits per heavy atom. The minimum absolute atomic E-state index is 0.152. The van der Waals surface area contributed by atoms with Gasteiger partial charge in [-0.3, -0.25) is 20.4 Å². The Hall–Kier alpha value is -3.03. The van der Waals surface area contributed by atoms with Crippen LogP contribution in [0.25, 0.3) is 10.9 Å². The Morgan fingerprint density at radius 3 is 2.72 bits per heavy atom. The number of carbonyl (C=O) groups excluding carboxylic acids is 3. The van der Waals surface area contributed by atoms with Crippen LogP contribution in [0.1, 0.15) is 39.2 Å². The molecule has 1 aliphatic heterocycles. The first-order valence-corrected chi connectivity index (χ1v) is 9.84. The summed E-state index contributed by atoms with van der Waals surface area (Å²) < 4.78 is 5.38. The quantitative estimate of drug-likeness (QED) is 0.689. The number of para-hydroxylation sites is 1. The molecule has 1 fully saturated rings. The highest BCUT2D eigenvalue weighted by molar-refractivity contribution is 5.90. The van der Waals surface area contributed by atoms with Crippen LogP contribution in [0.2, 0.25) is 0 Å². The third-order valence-electron chi connectivity index (χ3n) is 4.79. The maximum atomic E-state index is 12.5. The minimum atomic E-state index is -0.581. The highest BCUT2D eigenvalue weighted by atomic mass is 16.6. The number of aromatic amines is 1. The molecule has 0 saturated carbocycles. The third-order valence-corrected chi connectivity index (χ3v) is 4.79. The van der Waals surface area contributed by atoms with Gasteiger partial charge in [-0.1, -0.05) is 18.2 Å². The highest BCUT2D eigenvalue weighted by Crippen LogP contribution is 2.20. The van der Waals surface area contributed by atoms with Crippen LogP contribution < -0.4 is 10.9 Å². The second kappa shape index (κ2) is 8.55. The number of likely N-dealkylation sites (tertiary alicyclic amines) is 1. The van der Waals surface area contributed by atoms with Crippen LogP contribution in [0.5, 0.6) is 0 Å². The van der Waals surface area contributed by atoms with Gasteiger partial charge in [0.05, 0.1) is 12.3 Å². The van der Waals surface area contributed by atoms with Gasteiger partial charge in [0, 0.05) is 30.2 Å². The van der Waals surface area contributed by atoms with Crippen LogP contribution in [0.4, 0.5) is 4.79 Å². The fraction of sp³-hybridized carbons (Fsp3) is 0.476. The summed E-state index contributed by atoms with van der Waals surface area (Å²) >= 11 is 0. The van der Waals surface area contributed by atoms with E-state index >= 15 is 0 Å². The molecule has 29 heavy (non-hydrogen) atoms. The van der Waals surface area contributed by atoms with Gasteiger partial charge in [0.15, 0.2) is 0 Å². The van der Waals surface area contributed by atoms with Crippen LogP contribution in [0, 0.1) is 5.92 Å². The number of amides is 3. The van der Waals surface area contributed by atoms with E-state index in [2.05, 4.69) is 15.8 Å². The van der Waals surface area contributed by atoms with Gasteiger partial charge in [0.2, 0.25) is 11.8 Å². The lowest BCUT2D eigenvalue weighted by atomic mass is 9.98. The molecule has 3 amide bonds. The van der Waals surface area contributed by atoms with E-state index in [9.17, 15) is 14.4 Å². The molecule has 156 valence electrons. The number of H-pyrrole nitrogens is 1. The molecule has 1 unspecified atom stereocenters. The van der Waals surface area contributed by atoms with Gasteiger partial charge in [-0.2, -0.15) is 0 Å². The number of aromatic nitrogens is 1. The van der Waals surface area contributed by atoms with Gasteiger partial charge in [-0.05, 0) is 45.2 Å². The number of fused-ring (bicyclic) bond motifs is 1. The van der Waals surface area contributed by atoms with Crippen LogP contribution >= 0.6 is 0 Å². The van der Waals surface area contributed by atoms with Gasteiger partial charge in [-0.15, -0.1) is 0 Å². The Morgan fingerprint density at radius 2 is 1.97 bits per heavy atom. The first-order valence-electron chi connectivity index (χ1n) is 9.84. The Kier molecular flexibility index (Phi) is 6.10. The second-order valence-corrected chi connectivity index (χ2v) is 8.34. The molecule has 0 radical (unpaired) electrons. The van der Waals surface area contributed by atoms with E-state index in [1.807, 2.05) is 45.0 Å². The predicted octanol–water partition coefficient (Wildman–Crippen LogP) is 2.50. The van der Waals surface area contributed by atoms with Crippen molar-refractivity contribution in [3.63, 3.8) is 0 Å². The fourth-order valence-electron chi connectivity index (χ4n) is 3.41. The second-order valence-electron chi connectivity index (χ2n) is 8.34. The minimum Gasteiger partial charge on any atom is -0.444 e. The molecule has 2 heterocycles. The van der Waals surface area contributed by atoms with E-state index in [4.69, 9.17) is 4.74 Å². The Balaban J connectivity index is 1.49. The molecule has 3 N–H and O–H groups in total. The number of benzene rings is 1. The average molecular weight is 400 g/mol. The number of nitrogens with zero attached hydrogens (tertiary/aromatic N) is 1. The average Bonchev–Trinajstić information content (AvgIpc) is 3.08. The van der Waals surface area contributed by atoms with Crippen molar-refractivity contribution in [1.29, 1.82) is 0 Å². The molecule has 1 saturated heterocycles. The number of rotatable bonds is 3. The Bertz CT molecular complexity index is 899. The van der Waals surface area contributed by atoms with E-state index in [1.54, 1.807) is 11.1 Å². The third kappa shape index (κ3) is 5.49. The zero-order chi connectivity index (χ0) is 21.0. The van der Waals surface area contributed by atoms with Crippen molar-refractivity contribution in [1.82, 2.24) is 20.7 Å². The summed E-state index contributed by atoms with van der Waals surface area (Å²) in [5.74, 6) is -0.988. The number of hydrogen-bond donors (Lipinski definition) is 3. The van der Waals surface area contributed by atoms with Crippen molar-refractivity contribution in [3.8, 4) is 0 Å². The van der Waals surface area contributed by atoms with Gasteiger partial charge in [-0.25, -0.2) is 4.79 Å². The largest absolute Gasteiger partial charge is 0.444 e. The first kappa shape index (κ1) is 20.7. The molecule has 1 aliphatic rings. The smallest absolute Gasteiger partial charge is 0.410 e. The molecule has 0 aliphatic carbocycles. The summed E-state index contributed by atoms with van der Waals surface area (Å²) in [5, 5.41) is 0.981. The van der Waals surface area contributed by atoms with Crippen molar-refractivity contribution in [3.05, 3.63) is 36.0 Å². The molecule has 8 heteroatoms. The lowest BCUT2D eigenvalue weighted by Crippen LogP contribution is -2.50. The van der Waals surface area contributed by atoms with Gasteiger partial charge in [0.1, 0.15) is 5.60 Å². The van der Waals surface area contributed by atoms with Crippen LogP contribution in [0.15, 0.2) is 30.5 Å². The summed E-state index contributed by atoms with van der Waals surface area (Å²) in [7, 11) is 0. The highest BCUT2D eigenvalue weighted by Gasteiger charge is 2.31. The zero-order valence-electron chi connectivity index (χ0n) is 17.1. The summed E-state index contributed by atoms with van der Waals surface area (Å²) in [6, 6.07) is 7.73. The van der Waals surface area contributed by atoms with Gasteiger partial charge in [0.25, 0.3) is 0 Å². The maximum absolute atomic E-state index is 12.5. The molecule has 8 nitrogen and oxygen atoms in total. The summed E-state index contributed by atoms with van der Waals surface area (Å²) in [6.45, 7) is 6.26. The fourth-order valence-corrected chi connectivity index (χ4v) is 3.41. The number of hydrazine groups is 1. The zero-order valence-corrected chi connectivity index (χ0v) is 17.1. The standard InChI is InChI=1S/C21H28N4O4/c1-21(2,3)29-20(28)25-10-6-7-14(13-25)19(27)24-23-18(26)11-15-12-22-17-9-5-4-8-16(15)17/h4-5,8-9,12,14,22H,6-7,10-11,13H2,1-3H3,(H,23,26)(H,24,27). The SMILES string of the molecule is CC(C)(C)OC(=O)N1CCCC(C(=O)NNC(=O)Cc2c[nH]c3ccccc23)C1. The number of carbonyl (C=O) groups is 3. The topological polar surface area (TPSA) is 104 Å². The van der Waals surface area contributed by atoms with E-state index in [-0.39, 0.29) is 30.7 Å². The molecular formula is C21H28N4O4. The molecule has 0 spiro atoms. The molecule has 0 bridgehead atoms. The summed E-state index contributed by atoms with van der Waals surface area (Å²) in [5.41, 5.74) is 6.21. The van der Waals surface area contributed by atoms with Crippen LogP contribution in [0.3, 0.4) is 0 Å². The van der Waals surface area contributed by atoms with Crippen molar-refractivity contribution in [2.45, 2.75) is 45.6 Å². The summed E-state index contributed by atoms with van der Waals surface area (Å²) in [4.78, 5) is 41.6. The van der Waals surface area contributed by atoms with E-state index < -0.39 is 11.7 Å².